The van der Waals surface area contributed by atoms with Crippen LogP contribution < -0.4 is 15.0 Å². The fourth-order valence-electron chi connectivity index (χ4n) is 2.90. The van der Waals surface area contributed by atoms with Crippen molar-refractivity contribution in [2.45, 2.75) is 40.0 Å². The molecule has 0 amide bonds. The second-order valence-electron chi connectivity index (χ2n) is 6.14. The largest absolute Gasteiger partial charge is 0.497 e. The van der Waals surface area contributed by atoms with Crippen LogP contribution in [0.15, 0.2) is 23.0 Å². The van der Waals surface area contributed by atoms with E-state index in [0.717, 1.165) is 25.1 Å². The third-order valence-corrected chi connectivity index (χ3v) is 4.12. The number of aromatic amines is 1. The van der Waals surface area contributed by atoms with Crippen molar-refractivity contribution >= 4 is 5.52 Å². The van der Waals surface area contributed by atoms with Crippen molar-refractivity contribution < 1.29 is 9.47 Å². The monoisotopic (exact) mass is 356 g/mol. The van der Waals surface area contributed by atoms with E-state index < -0.39 is 0 Å². The molecule has 7 nitrogen and oxygen atoms in total. The summed E-state index contributed by atoms with van der Waals surface area (Å²) in [6.45, 7) is 6.51. The average Bonchev–Trinajstić information content (AvgIpc) is 2.96. The highest BCUT2D eigenvalue weighted by molar-refractivity contribution is 5.66. The van der Waals surface area contributed by atoms with Gasteiger partial charge in [0.05, 0.1) is 25.0 Å². The molecule has 1 aromatic carbocycles. The highest BCUT2D eigenvalue weighted by Crippen LogP contribution is 2.31. The normalized spacial score (nSPS) is 11.1. The van der Waals surface area contributed by atoms with Crippen LogP contribution in [0.5, 0.6) is 11.5 Å². The lowest BCUT2D eigenvalue weighted by Crippen LogP contribution is -2.16. The van der Waals surface area contributed by atoms with Gasteiger partial charge in [-0.2, -0.15) is 0 Å². The van der Waals surface area contributed by atoms with E-state index in [9.17, 15) is 4.79 Å². The van der Waals surface area contributed by atoms with Gasteiger partial charge in [0.25, 0.3) is 5.56 Å². The fraction of sp³-hybridized carbons (Fsp3) is 0.421. The Labute approximate surface area is 152 Å². The van der Waals surface area contributed by atoms with Crippen LogP contribution in [0.3, 0.4) is 0 Å². The number of aromatic nitrogens is 4. The Morgan fingerprint density at radius 1 is 1.23 bits per heavy atom. The van der Waals surface area contributed by atoms with Crippen molar-refractivity contribution in [3.05, 3.63) is 40.1 Å². The number of methoxy groups -OCH3 is 1. The van der Waals surface area contributed by atoms with E-state index in [1.165, 1.54) is 0 Å². The van der Waals surface area contributed by atoms with Gasteiger partial charge in [-0.15, -0.1) is 5.10 Å². The smallest absolute Gasteiger partial charge is 0.277 e. The molecule has 138 valence electrons. The number of rotatable bonds is 7. The second kappa shape index (κ2) is 7.59. The molecule has 7 heteroatoms. The zero-order valence-electron chi connectivity index (χ0n) is 15.6. The minimum Gasteiger partial charge on any atom is -0.497 e. The number of fused-ring (bicyclic) bond motifs is 1. The lowest BCUT2D eigenvalue weighted by molar-refractivity contribution is 0.315. The van der Waals surface area contributed by atoms with Crippen LogP contribution in [0.2, 0.25) is 0 Å². The molecule has 1 N–H and O–H groups in total. The van der Waals surface area contributed by atoms with Crippen LogP contribution in [0.25, 0.3) is 16.9 Å². The third-order valence-electron chi connectivity index (χ3n) is 4.12. The van der Waals surface area contributed by atoms with Crippen molar-refractivity contribution in [1.82, 2.24) is 19.6 Å². The van der Waals surface area contributed by atoms with Gasteiger partial charge < -0.3 is 14.5 Å². The molecule has 0 aliphatic rings. The van der Waals surface area contributed by atoms with Gasteiger partial charge in [0.1, 0.15) is 17.3 Å². The maximum absolute atomic E-state index is 12.6. The van der Waals surface area contributed by atoms with Gasteiger partial charge >= 0.3 is 0 Å². The quantitative estimate of drug-likeness (QED) is 0.703. The van der Waals surface area contributed by atoms with Crippen LogP contribution in [0.1, 0.15) is 38.2 Å². The Bertz CT molecular complexity index is 975. The lowest BCUT2D eigenvalue weighted by Gasteiger charge is -2.12. The number of H-pyrrole nitrogens is 1. The van der Waals surface area contributed by atoms with E-state index in [2.05, 4.69) is 22.0 Å². The highest BCUT2D eigenvalue weighted by atomic mass is 16.5. The van der Waals surface area contributed by atoms with Gasteiger partial charge in [-0.1, -0.05) is 13.8 Å². The first-order chi connectivity index (χ1) is 12.6. The summed E-state index contributed by atoms with van der Waals surface area (Å²) in [5.41, 5.74) is 1.68. The molecule has 0 fully saturated rings. The summed E-state index contributed by atoms with van der Waals surface area (Å²) in [4.78, 5) is 20.0. The maximum Gasteiger partial charge on any atom is 0.277 e. The molecular formula is C19H24N4O3. The molecular weight excluding hydrogens is 332 g/mol. The Hall–Kier alpha value is -2.83. The van der Waals surface area contributed by atoms with Crippen LogP contribution in [-0.2, 0) is 6.42 Å². The number of nitrogens with one attached hydrogen (secondary N) is 1. The first-order valence-electron chi connectivity index (χ1n) is 8.88. The minimum atomic E-state index is -0.209. The summed E-state index contributed by atoms with van der Waals surface area (Å²) in [6, 6.07) is 5.48. The zero-order valence-corrected chi connectivity index (χ0v) is 15.6. The average molecular weight is 356 g/mol. The molecule has 26 heavy (non-hydrogen) atoms. The summed E-state index contributed by atoms with van der Waals surface area (Å²) < 4.78 is 12.8. The van der Waals surface area contributed by atoms with E-state index in [1.807, 2.05) is 26.0 Å². The van der Waals surface area contributed by atoms with E-state index in [-0.39, 0.29) is 5.56 Å². The molecule has 0 spiro atoms. The van der Waals surface area contributed by atoms with Gasteiger partial charge in [-0.3, -0.25) is 4.79 Å². The standard InChI is InChI=1S/C19H24N4O3/c1-5-7-16-20-12(3)17-19(24)21-18(22-23(16)17)14-9-8-13(25-4)11-15(14)26-10-6-2/h8-9,11H,5-7,10H2,1-4H3,(H,21,22,24). The third kappa shape index (κ3) is 3.29. The van der Waals surface area contributed by atoms with Gasteiger partial charge in [0.15, 0.2) is 11.3 Å². The van der Waals surface area contributed by atoms with E-state index >= 15 is 0 Å². The molecule has 0 atom stereocenters. The van der Waals surface area contributed by atoms with Crippen molar-refractivity contribution in [2.24, 2.45) is 0 Å². The number of aryl methyl sites for hydroxylation is 2. The molecule has 0 aliphatic carbocycles. The Morgan fingerprint density at radius 2 is 2.04 bits per heavy atom. The molecule has 0 saturated carbocycles. The maximum atomic E-state index is 12.6. The predicted octanol–water partition coefficient (Wildman–Crippen LogP) is 3.14. The van der Waals surface area contributed by atoms with Crippen LogP contribution in [0.4, 0.5) is 0 Å². The summed E-state index contributed by atoms with van der Waals surface area (Å²) in [6.07, 6.45) is 2.56. The molecule has 0 aliphatic heterocycles. The van der Waals surface area contributed by atoms with Crippen LogP contribution >= 0.6 is 0 Å². The Morgan fingerprint density at radius 3 is 2.73 bits per heavy atom. The van der Waals surface area contributed by atoms with E-state index in [0.29, 0.717) is 40.7 Å². The highest BCUT2D eigenvalue weighted by Gasteiger charge is 2.17. The fourth-order valence-corrected chi connectivity index (χ4v) is 2.90. The number of ether oxygens (including phenoxy) is 2. The van der Waals surface area contributed by atoms with Crippen molar-refractivity contribution in [3.63, 3.8) is 0 Å². The molecule has 2 heterocycles. The van der Waals surface area contributed by atoms with Crippen LogP contribution in [-0.4, -0.2) is 33.3 Å². The Kier molecular flexibility index (Phi) is 5.25. The minimum absolute atomic E-state index is 0.209. The molecule has 0 saturated heterocycles. The van der Waals surface area contributed by atoms with E-state index in [1.54, 1.807) is 17.7 Å². The zero-order chi connectivity index (χ0) is 18.7. The molecule has 3 rings (SSSR count). The van der Waals surface area contributed by atoms with E-state index in [4.69, 9.17) is 9.47 Å². The van der Waals surface area contributed by atoms with Crippen LogP contribution in [0, 0.1) is 6.92 Å². The first-order valence-corrected chi connectivity index (χ1v) is 8.88. The molecule has 3 aromatic rings. The summed E-state index contributed by atoms with van der Waals surface area (Å²) in [7, 11) is 1.61. The molecule has 0 radical (unpaired) electrons. The summed E-state index contributed by atoms with van der Waals surface area (Å²) in [5, 5.41) is 4.65. The Balaban J connectivity index is 2.19. The van der Waals surface area contributed by atoms with Gasteiger partial charge in [-0.25, -0.2) is 9.50 Å². The molecule has 2 aromatic heterocycles. The van der Waals surface area contributed by atoms with Crippen molar-refractivity contribution in [2.75, 3.05) is 13.7 Å². The topological polar surface area (TPSA) is 81.5 Å². The number of hydrogen-bond acceptors (Lipinski definition) is 5. The number of benzene rings is 1. The van der Waals surface area contributed by atoms with Crippen molar-refractivity contribution in [3.8, 4) is 22.9 Å². The summed E-state index contributed by atoms with van der Waals surface area (Å²) >= 11 is 0. The van der Waals surface area contributed by atoms with Gasteiger partial charge in [0.2, 0.25) is 0 Å². The predicted molar refractivity (Wildman–Crippen MR) is 100 cm³/mol. The number of imidazole rings is 1. The number of nitrogens with zero attached hydrogens (tertiary/aromatic N) is 3. The second-order valence-corrected chi connectivity index (χ2v) is 6.14. The first kappa shape index (κ1) is 18.0. The SMILES string of the molecule is CCCOc1cc(OC)ccc1-c1nn2c(CCC)nc(C)c2c(=O)[nH]1. The van der Waals surface area contributed by atoms with Gasteiger partial charge in [-0.05, 0) is 31.9 Å². The lowest BCUT2D eigenvalue weighted by atomic mass is 10.1. The molecule has 0 bridgehead atoms. The van der Waals surface area contributed by atoms with Crippen molar-refractivity contribution in [1.29, 1.82) is 0 Å². The molecule has 0 unspecified atom stereocenters. The van der Waals surface area contributed by atoms with Gasteiger partial charge in [0, 0.05) is 12.5 Å². The number of hydrogen-bond donors (Lipinski definition) is 1. The summed E-state index contributed by atoms with van der Waals surface area (Å²) in [5.74, 6) is 2.55.